The Morgan fingerprint density at radius 1 is 1.41 bits per heavy atom. The maximum Gasteiger partial charge on any atom is 0.337 e. The smallest absolute Gasteiger partial charge is 0.337 e. The molecule has 1 aromatic rings. The highest BCUT2D eigenvalue weighted by Gasteiger charge is 2.42. The van der Waals surface area contributed by atoms with Crippen LogP contribution in [0.25, 0.3) is 0 Å². The van der Waals surface area contributed by atoms with Gasteiger partial charge in [-0.3, -0.25) is 4.79 Å². The molecule has 0 spiro atoms. The quantitative estimate of drug-likeness (QED) is 0.831. The predicted octanol–water partition coefficient (Wildman–Crippen LogP) is 1.04. The molecule has 2 bridgehead atoms. The number of hydrogen-bond donors (Lipinski definition) is 1. The van der Waals surface area contributed by atoms with Gasteiger partial charge in [-0.05, 0) is 25.3 Å². The molecular formula is C12H13NO4. The monoisotopic (exact) mass is 235 g/mol. The lowest BCUT2D eigenvalue weighted by Gasteiger charge is -2.21. The van der Waals surface area contributed by atoms with Crippen LogP contribution in [0.2, 0.25) is 0 Å². The number of aromatic nitrogens is 1. The number of aromatic carboxylic acids is 1. The van der Waals surface area contributed by atoms with Gasteiger partial charge in [-0.1, -0.05) is 0 Å². The fourth-order valence-corrected chi connectivity index (χ4v) is 2.79. The minimum absolute atomic E-state index is 0.000509. The fraction of sp³-hybridized carbons (Fsp3) is 0.500. The van der Waals surface area contributed by atoms with Gasteiger partial charge in [0.15, 0.2) is 0 Å². The van der Waals surface area contributed by atoms with Crippen LogP contribution < -0.4 is 5.56 Å². The van der Waals surface area contributed by atoms with E-state index >= 15 is 0 Å². The predicted molar refractivity (Wildman–Crippen MR) is 59.2 cm³/mol. The Bertz CT molecular complexity index is 521. The molecule has 2 saturated heterocycles. The van der Waals surface area contributed by atoms with Crippen molar-refractivity contribution in [3.8, 4) is 0 Å². The third-order valence-electron chi connectivity index (χ3n) is 3.62. The van der Waals surface area contributed by atoms with E-state index in [4.69, 9.17) is 9.84 Å². The molecule has 2 aliphatic heterocycles. The van der Waals surface area contributed by atoms with Crippen molar-refractivity contribution in [2.24, 2.45) is 0 Å². The van der Waals surface area contributed by atoms with E-state index in [1.807, 2.05) is 0 Å². The number of carboxylic acid groups (broad SMARTS) is 1. The summed E-state index contributed by atoms with van der Waals surface area (Å²) in [6.45, 7) is 0. The molecule has 0 saturated carbocycles. The maximum absolute atomic E-state index is 11.8. The van der Waals surface area contributed by atoms with Gasteiger partial charge in [0.25, 0.3) is 5.56 Å². The molecule has 17 heavy (non-hydrogen) atoms. The number of hydrogen-bond acceptors (Lipinski definition) is 3. The van der Waals surface area contributed by atoms with Crippen LogP contribution in [0.1, 0.15) is 35.7 Å². The topological polar surface area (TPSA) is 68.5 Å². The van der Waals surface area contributed by atoms with Crippen molar-refractivity contribution in [1.82, 2.24) is 4.57 Å². The molecule has 3 heterocycles. The summed E-state index contributed by atoms with van der Waals surface area (Å²) < 4.78 is 7.21. The van der Waals surface area contributed by atoms with E-state index in [2.05, 4.69) is 0 Å². The average molecular weight is 235 g/mol. The van der Waals surface area contributed by atoms with Crippen molar-refractivity contribution in [1.29, 1.82) is 0 Å². The maximum atomic E-state index is 11.8. The highest BCUT2D eigenvalue weighted by molar-refractivity contribution is 5.87. The average Bonchev–Trinajstić information content (AvgIpc) is 2.91. The van der Waals surface area contributed by atoms with Gasteiger partial charge in [0.2, 0.25) is 0 Å². The van der Waals surface area contributed by atoms with Gasteiger partial charge in [-0.15, -0.1) is 0 Å². The minimum Gasteiger partial charge on any atom is -0.478 e. The number of pyridine rings is 1. The van der Waals surface area contributed by atoms with E-state index in [0.29, 0.717) is 0 Å². The zero-order valence-corrected chi connectivity index (χ0v) is 9.20. The molecule has 3 unspecified atom stereocenters. The third-order valence-corrected chi connectivity index (χ3v) is 3.62. The van der Waals surface area contributed by atoms with Gasteiger partial charge >= 0.3 is 5.97 Å². The Morgan fingerprint density at radius 2 is 2.24 bits per heavy atom. The molecule has 0 radical (unpaired) electrons. The molecule has 0 aromatic carbocycles. The van der Waals surface area contributed by atoms with Crippen LogP contribution in [0, 0.1) is 0 Å². The molecule has 0 amide bonds. The van der Waals surface area contributed by atoms with Gasteiger partial charge in [0.1, 0.15) is 0 Å². The van der Waals surface area contributed by atoms with E-state index in [9.17, 15) is 9.59 Å². The number of ether oxygens (including phenoxy) is 1. The molecule has 1 aromatic heterocycles. The first-order valence-electron chi connectivity index (χ1n) is 5.76. The summed E-state index contributed by atoms with van der Waals surface area (Å²) in [6, 6.07) is 2.66. The summed E-state index contributed by atoms with van der Waals surface area (Å²) in [7, 11) is 0. The van der Waals surface area contributed by atoms with E-state index < -0.39 is 5.97 Å². The van der Waals surface area contributed by atoms with Crippen molar-refractivity contribution < 1.29 is 14.6 Å². The third kappa shape index (κ3) is 1.67. The molecule has 3 atom stereocenters. The number of fused-ring (bicyclic) bond motifs is 2. The summed E-state index contributed by atoms with van der Waals surface area (Å²) in [5.74, 6) is -1.01. The number of carboxylic acids is 1. The Morgan fingerprint density at radius 3 is 2.82 bits per heavy atom. The molecule has 5 nitrogen and oxygen atoms in total. The largest absolute Gasteiger partial charge is 0.478 e. The summed E-state index contributed by atoms with van der Waals surface area (Å²) in [5.41, 5.74) is -0.0106. The SMILES string of the molecule is O=C(O)c1ccc(=O)n(C2CC3CCC2O3)c1. The van der Waals surface area contributed by atoms with Crippen LogP contribution in [0.15, 0.2) is 23.1 Å². The van der Waals surface area contributed by atoms with Gasteiger partial charge in [-0.25, -0.2) is 4.79 Å². The number of carbonyl (C=O) groups is 1. The van der Waals surface area contributed by atoms with Gasteiger partial charge in [0, 0.05) is 12.3 Å². The highest BCUT2D eigenvalue weighted by Crippen LogP contribution is 2.40. The van der Waals surface area contributed by atoms with Gasteiger partial charge in [-0.2, -0.15) is 0 Å². The first kappa shape index (κ1) is 10.5. The van der Waals surface area contributed by atoms with Crippen LogP contribution in [0.3, 0.4) is 0 Å². The molecule has 1 N–H and O–H groups in total. The highest BCUT2D eigenvalue weighted by atomic mass is 16.5. The Hall–Kier alpha value is -1.62. The second-order valence-electron chi connectivity index (χ2n) is 4.65. The minimum atomic E-state index is -1.01. The standard InChI is InChI=1S/C12H13NO4/c14-11-4-1-7(12(15)16)6-13(11)9-5-8-2-3-10(9)17-8/h1,4,6,8-10H,2-3,5H2,(H,15,16). The normalized spacial score (nSPS) is 30.7. The van der Waals surface area contributed by atoms with Crippen LogP contribution in [-0.2, 0) is 4.74 Å². The molecule has 2 aliphatic rings. The van der Waals surface area contributed by atoms with Crippen LogP contribution in [0.4, 0.5) is 0 Å². The van der Waals surface area contributed by atoms with Crippen molar-refractivity contribution in [3.05, 3.63) is 34.2 Å². The Labute approximate surface area is 97.6 Å². The Balaban J connectivity index is 1.99. The summed E-state index contributed by atoms with van der Waals surface area (Å²) in [5, 5.41) is 8.93. The summed E-state index contributed by atoms with van der Waals surface area (Å²) in [6.07, 6.45) is 4.56. The van der Waals surface area contributed by atoms with E-state index in [1.165, 1.54) is 22.9 Å². The molecule has 90 valence electrons. The summed E-state index contributed by atoms with van der Waals surface area (Å²) >= 11 is 0. The van der Waals surface area contributed by atoms with E-state index in [-0.39, 0.29) is 29.4 Å². The van der Waals surface area contributed by atoms with E-state index in [1.54, 1.807) is 0 Å². The lowest BCUT2D eigenvalue weighted by atomic mass is 9.95. The number of nitrogens with zero attached hydrogens (tertiary/aromatic N) is 1. The van der Waals surface area contributed by atoms with Crippen molar-refractivity contribution in [3.63, 3.8) is 0 Å². The lowest BCUT2D eigenvalue weighted by Crippen LogP contribution is -2.30. The van der Waals surface area contributed by atoms with Gasteiger partial charge in [0.05, 0.1) is 23.8 Å². The van der Waals surface area contributed by atoms with Crippen LogP contribution in [-0.4, -0.2) is 27.9 Å². The first-order chi connectivity index (χ1) is 8.15. The van der Waals surface area contributed by atoms with Crippen LogP contribution in [0.5, 0.6) is 0 Å². The van der Waals surface area contributed by atoms with Crippen molar-refractivity contribution in [2.45, 2.75) is 37.5 Å². The van der Waals surface area contributed by atoms with Crippen molar-refractivity contribution >= 4 is 5.97 Å². The second-order valence-corrected chi connectivity index (χ2v) is 4.65. The molecular weight excluding hydrogens is 222 g/mol. The van der Waals surface area contributed by atoms with Crippen molar-refractivity contribution in [2.75, 3.05) is 0 Å². The van der Waals surface area contributed by atoms with Gasteiger partial charge < -0.3 is 14.4 Å². The zero-order valence-electron chi connectivity index (χ0n) is 9.20. The van der Waals surface area contributed by atoms with E-state index in [0.717, 1.165) is 19.3 Å². The zero-order chi connectivity index (χ0) is 12.0. The molecule has 5 heteroatoms. The summed E-state index contributed by atoms with van der Waals surface area (Å²) in [4.78, 5) is 22.7. The Kier molecular flexibility index (Phi) is 2.29. The molecule has 0 aliphatic carbocycles. The lowest BCUT2D eigenvalue weighted by molar-refractivity contribution is 0.0694. The van der Waals surface area contributed by atoms with Crippen LogP contribution >= 0.6 is 0 Å². The number of rotatable bonds is 2. The second kappa shape index (κ2) is 3.70. The molecule has 3 rings (SSSR count). The fourth-order valence-electron chi connectivity index (χ4n) is 2.79. The first-order valence-corrected chi connectivity index (χ1v) is 5.76. The molecule has 2 fully saturated rings.